The number of hydrogen-bond acceptors (Lipinski definition) is 3. The number of amides is 2. The molecule has 0 saturated heterocycles. The third-order valence-electron chi connectivity index (χ3n) is 3.35. The smallest absolute Gasteiger partial charge is 0.247 e. The van der Waals surface area contributed by atoms with Gasteiger partial charge in [0.2, 0.25) is 11.8 Å². The van der Waals surface area contributed by atoms with Gasteiger partial charge in [0.15, 0.2) is 0 Å². The molecular formula is C16H14ClN3O2. The Morgan fingerprint density at radius 3 is 2.50 bits per heavy atom. The number of halogens is 1. The van der Waals surface area contributed by atoms with Gasteiger partial charge >= 0.3 is 0 Å². The molecule has 0 spiro atoms. The van der Waals surface area contributed by atoms with Crippen molar-refractivity contribution in [2.75, 3.05) is 16.0 Å². The Hall–Kier alpha value is -2.53. The van der Waals surface area contributed by atoms with Gasteiger partial charge in [0.25, 0.3) is 0 Å². The third-order valence-corrected chi connectivity index (χ3v) is 3.60. The fourth-order valence-corrected chi connectivity index (χ4v) is 2.39. The molecule has 112 valence electrons. The van der Waals surface area contributed by atoms with E-state index in [4.69, 9.17) is 11.6 Å². The summed E-state index contributed by atoms with van der Waals surface area (Å²) in [6, 6.07) is 13.6. The van der Waals surface area contributed by atoms with Gasteiger partial charge in [-0.3, -0.25) is 9.59 Å². The van der Waals surface area contributed by atoms with E-state index in [0.29, 0.717) is 10.7 Å². The molecule has 6 heteroatoms. The molecule has 5 nitrogen and oxygen atoms in total. The molecule has 1 heterocycles. The molecule has 2 aromatic rings. The van der Waals surface area contributed by atoms with E-state index in [9.17, 15) is 9.59 Å². The SMILES string of the molecule is O=C(C[C@@H]1Nc2ccccc2NC1=O)Nc1ccc(Cl)cc1. The minimum absolute atomic E-state index is 0.0444. The summed E-state index contributed by atoms with van der Waals surface area (Å²) in [5, 5.41) is 9.21. The first-order valence-corrected chi connectivity index (χ1v) is 7.21. The molecule has 0 bridgehead atoms. The second-order valence-electron chi connectivity index (χ2n) is 4.99. The molecule has 22 heavy (non-hydrogen) atoms. The van der Waals surface area contributed by atoms with E-state index in [1.165, 1.54) is 0 Å². The molecular weight excluding hydrogens is 302 g/mol. The van der Waals surface area contributed by atoms with Crippen molar-refractivity contribution in [2.45, 2.75) is 12.5 Å². The second kappa shape index (κ2) is 6.07. The van der Waals surface area contributed by atoms with Crippen LogP contribution in [0.5, 0.6) is 0 Å². The standard InChI is InChI=1S/C16H14ClN3O2/c17-10-5-7-11(8-6-10)18-15(21)9-14-16(22)20-13-4-2-1-3-12(13)19-14/h1-8,14,19H,9H2,(H,18,21)(H,20,22)/t14-/m0/s1. The van der Waals surface area contributed by atoms with E-state index in [0.717, 1.165) is 11.4 Å². The van der Waals surface area contributed by atoms with Crippen LogP contribution in [0.2, 0.25) is 5.02 Å². The Balaban J connectivity index is 1.64. The average Bonchev–Trinajstić information content (AvgIpc) is 2.50. The van der Waals surface area contributed by atoms with Crippen LogP contribution in [0.4, 0.5) is 17.1 Å². The molecule has 3 N–H and O–H groups in total. The molecule has 0 saturated carbocycles. The topological polar surface area (TPSA) is 70.2 Å². The van der Waals surface area contributed by atoms with E-state index in [1.54, 1.807) is 24.3 Å². The molecule has 1 atom stereocenters. The van der Waals surface area contributed by atoms with Gasteiger partial charge in [-0.2, -0.15) is 0 Å². The highest BCUT2D eigenvalue weighted by Gasteiger charge is 2.27. The fraction of sp³-hybridized carbons (Fsp3) is 0.125. The van der Waals surface area contributed by atoms with E-state index in [-0.39, 0.29) is 18.2 Å². The highest BCUT2D eigenvalue weighted by atomic mass is 35.5. The summed E-state index contributed by atoms with van der Waals surface area (Å²) in [5.74, 6) is -0.459. The first-order valence-electron chi connectivity index (χ1n) is 6.84. The maximum absolute atomic E-state index is 12.1. The molecule has 0 fully saturated rings. The first-order chi connectivity index (χ1) is 10.6. The normalized spacial score (nSPS) is 16.2. The number of benzene rings is 2. The van der Waals surface area contributed by atoms with Crippen LogP contribution in [0.3, 0.4) is 0 Å². The lowest BCUT2D eigenvalue weighted by Gasteiger charge is -2.26. The van der Waals surface area contributed by atoms with Gasteiger partial charge in [-0.05, 0) is 36.4 Å². The number of hydrogen-bond donors (Lipinski definition) is 3. The summed E-state index contributed by atoms with van der Waals surface area (Å²) in [6.45, 7) is 0. The Morgan fingerprint density at radius 1 is 1.09 bits per heavy atom. The fourth-order valence-electron chi connectivity index (χ4n) is 2.27. The van der Waals surface area contributed by atoms with Crippen LogP contribution >= 0.6 is 11.6 Å². The number of para-hydroxylation sites is 2. The van der Waals surface area contributed by atoms with Gasteiger partial charge in [-0.15, -0.1) is 0 Å². The van der Waals surface area contributed by atoms with E-state index in [1.807, 2.05) is 24.3 Å². The van der Waals surface area contributed by atoms with Crippen LogP contribution in [-0.4, -0.2) is 17.9 Å². The molecule has 2 aromatic carbocycles. The Bertz CT molecular complexity index is 716. The summed E-state index contributed by atoms with van der Waals surface area (Å²) in [5.41, 5.74) is 2.18. The highest BCUT2D eigenvalue weighted by Crippen LogP contribution is 2.26. The minimum Gasteiger partial charge on any atom is -0.372 e. The molecule has 0 radical (unpaired) electrons. The Kier molecular flexibility index (Phi) is 3.98. The third kappa shape index (κ3) is 3.20. The summed E-state index contributed by atoms with van der Waals surface area (Å²) in [7, 11) is 0. The number of carbonyl (C=O) groups is 2. The maximum Gasteiger partial charge on any atom is 0.247 e. The quantitative estimate of drug-likeness (QED) is 0.815. The molecule has 1 aliphatic heterocycles. The van der Waals surface area contributed by atoms with Crippen LogP contribution in [0.1, 0.15) is 6.42 Å². The summed E-state index contributed by atoms with van der Waals surface area (Å²) >= 11 is 5.80. The molecule has 0 aliphatic carbocycles. The predicted octanol–water partition coefficient (Wildman–Crippen LogP) is 3.10. The maximum atomic E-state index is 12.1. The minimum atomic E-state index is -0.595. The lowest BCUT2D eigenvalue weighted by atomic mass is 10.1. The summed E-state index contributed by atoms with van der Waals surface area (Å²) in [6.07, 6.45) is 0.0444. The van der Waals surface area contributed by atoms with Gasteiger partial charge in [-0.1, -0.05) is 23.7 Å². The Labute approximate surface area is 132 Å². The van der Waals surface area contributed by atoms with Crippen LogP contribution in [0, 0.1) is 0 Å². The van der Waals surface area contributed by atoms with Gasteiger partial charge in [-0.25, -0.2) is 0 Å². The molecule has 2 amide bonds. The van der Waals surface area contributed by atoms with Crippen LogP contribution in [0.15, 0.2) is 48.5 Å². The second-order valence-corrected chi connectivity index (χ2v) is 5.43. The van der Waals surface area contributed by atoms with Gasteiger partial charge in [0.1, 0.15) is 6.04 Å². The first kappa shape index (κ1) is 14.4. The highest BCUT2D eigenvalue weighted by molar-refractivity contribution is 6.30. The number of carbonyl (C=O) groups excluding carboxylic acids is 2. The Morgan fingerprint density at radius 2 is 1.77 bits per heavy atom. The van der Waals surface area contributed by atoms with Gasteiger partial charge < -0.3 is 16.0 Å². The van der Waals surface area contributed by atoms with Crippen LogP contribution < -0.4 is 16.0 Å². The van der Waals surface area contributed by atoms with Crippen molar-refractivity contribution in [3.05, 3.63) is 53.6 Å². The summed E-state index contributed by atoms with van der Waals surface area (Å²) < 4.78 is 0. The number of fused-ring (bicyclic) bond motifs is 1. The van der Waals surface area contributed by atoms with Crippen molar-refractivity contribution in [2.24, 2.45) is 0 Å². The van der Waals surface area contributed by atoms with Crippen molar-refractivity contribution >= 4 is 40.5 Å². The molecule has 0 aromatic heterocycles. The molecule has 1 aliphatic rings. The van der Waals surface area contributed by atoms with E-state index >= 15 is 0 Å². The van der Waals surface area contributed by atoms with E-state index in [2.05, 4.69) is 16.0 Å². The van der Waals surface area contributed by atoms with Crippen LogP contribution in [0.25, 0.3) is 0 Å². The number of rotatable bonds is 3. The number of anilines is 3. The predicted molar refractivity (Wildman–Crippen MR) is 87.2 cm³/mol. The van der Waals surface area contributed by atoms with Crippen molar-refractivity contribution < 1.29 is 9.59 Å². The number of nitrogens with one attached hydrogen (secondary N) is 3. The zero-order valence-corrected chi connectivity index (χ0v) is 12.4. The average molecular weight is 316 g/mol. The van der Waals surface area contributed by atoms with Crippen molar-refractivity contribution in [1.82, 2.24) is 0 Å². The van der Waals surface area contributed by atoms with Crippen molar-refractivity contribution in [1.29, 1.82) is 0 Å². The summed E-state index contributed by atoms with van der Waals surface area (Å²) in [4.78, 5) is 24.1. The molecule has 3 rings (SSSR count). The lowest BCUT2D eigenvalue weighted by molar-refractivity contribution is -0.122. The van der Waals surface area contributed by atoms with Crippen molar-refractivity contribution in [3.63, 3.8) is 0 Å². The van der Waals surface area contributed by atoms with E-state index < -0.39 is 6.04 Å². The van der Waals surface area contributed by atoms with Crippen LogP contribution in [-0.2, 0) is 9.59 Å². The van der Waals surface area contributed by atoms with Gasteiger partial charge in [0, 0.05) is 10.7 Å². The zero-order chi connectivity index (χ0) is 15.5. The van der Waals surface area contributed by atoms with Crippen molar-refractivity contribution in [3.8, 4) is 0 Å². The van der Waals surface area contributed by atoms with Gasteiger partial charge in [0.05, 0.1) is 17.8 Å². The monoisotopic (exact) mass is 315 g/mol. The largest absolute Gasteiger partial charge is 0.372 e. The zero-order valence-electron chi connectivity index (χ0n) is 11.6. The molecule has 0 unspecified atom stereocenters. The lowest BCUT2D eigenvalue weighted by Crippen LogP contribution is -2.41.